The molecule has 16 heavy (non-hydrogen) atoms. The van der Waals surface area contributed by atoms with Gasteiger partial charge in [-0.15, -0.1) is 6.42 Å². The number of ether oxygens (including phenoxy) is 1. The number of benzene rings is 2. The first-order valence-corrected chi connectivity index (χ1v) is 5.07. The molecule has 1 radical (unpaired) electrons. The predicted octanol–water partition coefficient (Wildman–Crippen LogP) is 3.91. The molecule has 0 aliphatic carbocycles. The van der Waals surface area contributed by atoms with E-state index in [4.69, 9.17) is 22.8 Å². The van der Waals surface area contributed by atoms with E-state index in [0.717, 1.165) is 11.3 Å². The monoisotopic (exact) mass is 227 g/mol. The van der Waals surface area contributed by atoms with Gasteiger partial charge in [-0.05, 0) is 36.4 Å². The van der Waals surface area contributed by atoms with E-state index in [1.807, 2.05) is 24.3 Å². The van der Waals surface area contributed by atoms with E-state index in [9.17, 15) is 0 Å². The number of rotatable bonds is 2. The Morgan fingerprint density at radius 2 is 1.88 bits per heavy atom. The van der Waals surface area contributed by atoms with E-state index >= 15 is 0 Å². The fourth-order valence-electron chi connectivity index (χ4n) is 1.24. The van der Waals surface area contributed by atoms with Crippen LogP contribution >= 0.6 is 11.6 Å². The fourth-order valence-corrected chi connectivity index (χ4v) is 1.41. The van der Waals surface area contributed by atoms with Crippen LogP contribution in [0.5, 0.6) is 11.5 Å². The summed E-state index contributed by atoms with van der Waals surface area (Å²) in [6.45, 7) is 0. The molecule has 0 amide bonds. The Kier molecular flexibility index (Phi) is 3.14. The Labute approximate surface area is 99.6 Å². The highest BCUT2D eigenvalue weighted by Crippen LogP contribution is 2.23. The van der Waals surface area contributed by atoms with Crippen molar-refractivity contribution in [3.8, 4) is 23.8 Å². The summed E-state index contributed by atoms with van der Waals surface area (Å²) in [5.41, 5.74) is 0.826. The summed E-state index contributed by atoms with van der Waals surface area (Å²) in [5.74, 6) is 3.95. The van der Waals surface area contributed by atoms with Gasteiger partial charge < -0.3 is 4.74 Å². The lowest BCUT2D eigenvalue weighted by atomic mass is 10.2. The number of terminal acetylenes is 1. The Bertz CT molecular complexity index is 523. The van der Waals surface area contributed by atoms with Gasteiger partial charge in [0, 0.05) is 17.7 Å². The Hall–Kier alpha value is -1.91. The zero-order chi connectivity index (χ0) is 11.4. The third-order valence-corrected chi connectivity index (χ3v) is 2.21. The van der Waals surface area contributed by atoms with Crippen molar-refractivity contribution in [2.24, 2.45) is 0 Å². The summed E-state index contributed by atoms with van der Waals surface area (Å²) in [7, 11) is 0. The van der Waals surface area contributed by atoms with Crippen molar-refractivity contribution >= 4 is 11.6 Å². The first-order chi connectivity index (χ1) is 7.78. The van der Waals surface area contributed by atoms with E-state index in [1.165, 1.54) is 0 Å². The van der Waals surface area contributed by atoms with Crippen LogP contribution in [0, 0.1) is 18.4 Å². The highest BCUT2D eigenvalue weighted by molar-refractivity contribution is 6.30. The van der Waals surface area contributed by atoms with Gasteiger partial charge in [0.15, 0.2) is 0 Å². The van der Waals surface area contributed by atoms with Gasteiger partial charge in [0.25, 0.3) is 0 Å². The van der Waals surface area contributed by atoms with E-state index in [2.05, 4.69) is 12.0 Å². The molecule has 0 aliphatic rings. The normalized spacial score (nSPS) is 9.50. The van der Waals surface area contributed by atoms with Crippen molar-refractivity contribution in [3.05, 3.63) is 59.1 Å². The fraction of sp³-hybridized carbons (Fsp3) is 0. The molecule has 0 unspecified atom stereocenters. The summed E-state index contributed by atoms with van der Waals surface area (Å²) in [5, 5.41) is 0.526. The van der Waals surface area contributed by atoms with Crippen LogP contribution in [0.15, 0.2) is 42.5 Å². The van der Waals surface area contributed by atoms with E-state index < -0.39 is 0 Å². The molecule has 1 nitrogen and oxygen atoms in total. The second-order valence-electron chi connectivity index (χ2n) is 3.14. The molecular weight excluding hydrogens is 220 g/mol. The van der Waals surface area contributed by atoms with Crippen LogP contribution in [0.3, 0.4) is 0 Å². The lowest BCUT2D eigenvalue weighted by molar-refractivity contribution is 0.482. The Morgan fingerprint density at radius 3 is 2.50 bits per heavy atom. The second kappa shape index (κ2) is 4.74. The first-order valence-electron chi connectivity index (χ1n) is 4.70. The third-order valence-electron chi connectivity index (χ3n) is 1.99. The van der Waals surface area contributed by atoms with E-state index in [1.54, 1.807) is 18.2 Å². The number of halogens is 1. The summed E-state index contributed by atoms with van der Waals surface area (Å²) < 4.78 is 5.59. The molecule has 0 bridgehead atoms. The molecule has 77 valence electrons. The van der Waals surface area contributed by atoms with Crippen LogP contribution in [0.1, 0.15) is 5.56 Å². The SMILES string of the molecule is C#Cc1ccc(Oc2cc[c]c(Cl)c2)cc1. The standard InChI is InChI=1S/C14H8ClO/c1-2-11-6-8-13(9-7-11)16-14-5-3-4-12(15)10-14/h1,3,5-10H. The van der Waals surface area contributed by atoms with Gasteiger partial charge in [-0.1, -0.05) is 17.5 Å². The van der Waals surface area contributed by atoms with Gasteiger partial charge in [0.05, 0.1) is 5.02 Å². The average molecular weight is 228 g/mol. The van der Waals surface area contributed by atoms with Gasteiger partial charge >= 0.3 is 0 Å². The van der Waals surface area contributed by atoms with Crippen LogP contribution in [-0.2, 0) is 0 Å². The van der Waals surface area contributed by atoms with E-state index in [0.29, 0.717) is 10.8 Å². The molecule has 0 spiro atoms. The highest BCUT2D eigenvalue weighted by Gasteiger charge is 1.97. The van der Waals surface area contributed by atoms with Gasteiger partial charge in [-0.25, -0.2) is 0 Å². The molecule has 0 fully saturated rings. The van der Waals surface area contributed by atoms with Gasteiger partial charge in [-0.3, -0.25) is 0 Å². The predicted molar refractivity (Wildman–Crippen MR) is 64.7 cm³/mol. The maximum atomic E-state index is 5.80. The van der Waals surface area contributed by atoms with Crippen molar-refractivity contribution in [2.75, 3.05) is 0 Å². The molecule has 0 aliphatic heterocycles. The molecular formula is C14H8ClO. The molecule has 2 aromatic rings. The minimum Gasteiger partial charge on any atom is -0.457 e. The zero-order valence-corrected chi connectivity index (χ0v) is 9.16. The third kappa shape index (κ3) is 2.56. The molecule has 0 atom stereocenters. The quantitative estimate of drug-likeness (QED) is 0.707. The molecule has 2 rings (SSSR count). The van der Waals surface area contributed by atoms with E-state index in [-0.39, 0.29) is 0 Å². The molecule has 0 aromatic heterocycles. The van der Waals surface area contributed by atoms with Crippen LogP contribution in [0.25, 0.3) is 0 Å². The van der Waals surface area contributed by atoms with Crippen molar-refractivity contribution < 1.29 is 4.74 Å². The van der Waals surface area contributed by atoms with Crippen molar-refractivity contribution in [1.82, 2.24) is 0 Å². The summed E-state index contributed by atoms with van der Waals surface area (Å²) >= 11 is 5.80. The minimum absolute atomic E-state index is 0.526. The van der Waals surface area contributed by atoms with Crippen molar-refractivity contribution in [1.29, 1.82) is 0 Å². The summed E-state index contributed by atoms with van der Waals surface area (Å²) in [4.78, 5) is 0. The lowest BCUT2D eigenvalue weighted by Crippen LogP contribution is -1.84. The zero-order valence-electron chi connectivity index (χ0n) is 8.41. The topological polar surface area (TPSA) is 9.23 Å². The molecule has 0 heterocycles. The summed E-state index contributed by atoms with van der Waals surface area (Å²) in [6, 6.07) is 15.3. The molecule has 0 saturated carbocycles. The maximum Gasteiger partial charge on any atom is 0.128 e. The summed E-state index contributed by atoms with van der Waals surface area (Å²) in [6.07, 6.45) is 5.26. The van der Waals surface area contributed by atoms with Crippen LogP contribution in [-0.4, -0.2) is 0 Å². The van der Waals surface area contributed by atoms with Gasteiger partial charge in [0.1, 0.15) is 11.5 Å². The smallest absolute Gasteiger partial charge is 0.128 e. The van der Waals surface area contributed by atoms with Crippen LogP contribution in [0.2, 0.25) is 5.02 Å². The average Bonchev–Trinajstić information content (AvgIpc) is 2.30. The number of hydrogen-bond acceptors (Lipinski definition) is 1. The van der Waals surface area contributed by atoms with Gasteiger partial charge in [-0.2, -0.15) is 0 Å². The van der Waals surface area contributed by atoms with Crippen molar-refractivity contribution in [2.45, 2.75) is 0 Å². The number of hydrogen-bond donors (Lipinski definition) is 0. The van der Waals surface area contributed by atoms with Crippen LogP contribution < -0.4 is 4.74 Å². The lowest BCUT2D eigenvalue weighted by Gasteiger charge is -2.05. The molecule has 2 aromatic carbocycles. The molecule has 2 heteroatoms. The molecule has 0 saturated heterocycles. The minimum atomic E-state index is 0.526. The maximum absolute atomic E-state index is 5.80. The van der Waals surface area contributed by atoms with Crippen LogP contribution in [0.4, 0.5) is 0 Å². The van der Waals surface area contributed by atoms with Gasteiger partial charge in [0.2, 0.25) is 0 Å². The second-order valence-corrected chi connectivity index (χ2v) is 3.55. The molecule has 0 N–H and O–H groups in total. The Balaban J connectivity index is 2.18. The highest BCUT2D eigenvalue weighted by atomic mass is 35.5. The largest absolute Gasteiger partial charge is 0.457 e. The first kappa shape index (κ1) is 10.6. The van der Waals surface area contributed by atoms with Crippen molar-refractivity contribution in [3.63, 3.8) is 0 Å². The Morgan fingerprint density at radius 1 is 1.12 bits per heavy atom.